The number of aliphatic hydroxyl groups excluding tert-OH is 2. The zero-order valence-corrected chi connectivity index (χ0v) is 19.4. The van der Waals surface area contributed by atoms with E-state index >= 15 is 0 Å². The summed E-state index contributed by atoms with van der Waals surface area (Å²) in [5, 5.41) is 21.0. The molecule has 2 aromatic heterocycles. The molecule has 182 valence electrons. The van der Waals surface area contributed by atoms with Gasteiger partial charge in [-0.1, -0.05) is 24.3 Å². The van der Waals surface area contributed by atoms with E-state index in [0.29, 0.717) is 29.3 Å². The number of aromatic nitrogens is 4. The third-order valence-electron chi connectivity index (χ3n) is 5.81. The number of imidazole rings is 1. The van der Waals surface area contributed by atoms with Crippen LogP contribution in [0.2, 0.25) is 0 Å². The minimum Gasteiger partial charge on any atom is -0.493 e. The summed E-state index contributed by atoms with van der Waals surface area (Å²) in [6.07, 6.45) is -0.787. The lowest BCUT2D eigenvalue weighted by Gasteiger charge is -2.16. The summed E-state index contributed by atoms with van der Waals surface area (Å²) < 4.78 is 26.4. The number of aliphatic hydroxyl groups is 2. The number of nitrogens with zero attached hydrogens (tertiary/aromatic N) is 4. The number of nitrogen functional groups attached to an aromatic ring is 1. The fourth-order valence-electron chi connectivity index (χ4n) is 3.96. The number of thioether (sulfide) groups is 1. The van der Waals surface area contributed by atoms with Gasteiger partial charge in [0.1, 0.15) is 35.6 Å². The van der Waals surface area contributed by atoms with E-state index < -0.39 is 24.5 Å². The van der Waals surface area contributed by atoms with Crippen LogP contribution < -0.4 is 10.5 Å². The average Bonchev–Trinajstić information content (AvgIpc) is 3.42. The standard InChI is InChI=1S/C24H24FN5O4S/c25-16-5-1-14(2-6-16)15-3-7-17(8-4-15)33-9-10-35-11-18-20(31)21(32)24(34-18)30-13-29-19-22(26)27-12-28-23(19)30/h1-8,12-13,18,20-21,24,31-32H,9-11H2,(H2,26,27,28)/t18-,20-,21-,24-/m1/s1. The molecular weight excluding hydrogens is 473 g/mol. The van der Waals surface area contributed by atoms with Gasteiger partial charge < -0.3 is 25.4 Å². The second kappa shape index (κ2) is 10.2. The van der Waals surface area contributed by atoms with Gasteiger partial charge in [0.15, 0.2) is 17.7 Å². The lowest BCUT2D eigenvalue weighted by Crippen LogP contribution is -2.32. The SMILES string of the molecule is Nc1ncnc2c1ncn2[C@@H]1O[C@H](CSCCOc2ccc(-c3ccc(F)cc3)cc2)[C@@H](O)[C@H]1O. The van der Waals surface area contributed by atoms with Gasteiger partial charge in [0.25, 0.3) is 0 Å². The van der Waals surface area contributed by atoms with Gasteiger partial charge in [-0.05, 0) is 35.4 Å². The molecule has 1 saturated heterocycles. The lowest BCUT2D eigenvalue weighted by molar-refractivity contribution is -0.0289. The van der Waals surface area contributed by atoms with E-state index in [-0.39, 0.29) is 11.6 Å². The first-order valence-electron chi connectivity index (χ1n) is 11.0. The van der Waals surface area contributed by atoms with E-state index in [1.165, 1.54) is 24.8 Å². The molecule has 2 aromatic carbocycles. The Morgan fingerprint density at radius 3 is 2.46 bits per heavy atom. The average molecular weight is 498 g/mol. The maximum Gasteiger partial charge on any atom is 0.167 e. The van der Waals surface area contributed by atoms with Gasteiger partial charge in [-0.2, -0.15) is 11.8 Å². The van der Waals surface area contributed by atoms with E-state index in [9.17, 15) is 14.6 Å². The van der Waals surface area contributed by atoms with Crippen molar-refractivity contribution in [1.82, 2.24) is 19.5 Å². The Bertz CT molecular complexity index is 1290. The number of anilines is 1. The number of fused-ring (bicyclic) bond motifs is 1. The highest BCUT2D eigenvalue weighted by molar-refractivity contribution is 7.99. The molecule has 1 aliphatic heterocycles. The first-order valence-corrected chi connectivity index (χ1v) is 12.2. The van der Waals surface area contributed by atoms with E-state index in [1.807, 2.05) is 24.3 Å². The maximum absolute atomic E-state index is 13.1. The van der Waals surface area contributed by atoms with Crippen LogP contribution in [0.25, 0.3) is 22.3 Å². The Labute approximate surface area is 204 Å². The smallest absolute Gasteiger partial charge is 0.167 e. The maximum atomic E-state index is 13.1. The second-order valence-corrected chi connectivity index (χ2v) is 9.23. The Morgan fingerprint density at radius 1 is 1.00 bits per heavy atom. The Balaban J connectivity index is 1.10. The summed E-state index contributed by atoms with van der Waals surface area (Å²) in [6, 6.07) is 14.0. The molecule has 4 aromatic rings. The van der Waals surface area contributed by atoms with Gasteiger partial charge in [-0.25, -0.2) is 19.3 Å². The van der Waals surface area contributed by atoms with Crippen LogP contribution in [0.1, 0.15) is 6.23 Å². The van der Waals surface area contributed by atoms with Gasteiger partial charge in [-0.15, -0.1) is 0 Å². The Hall–Kier alpha value is -3.25. The van der Waals surface area contributed by atoms with Crippen LogP contribution in [0.15, 0.2) is 61.2 Å². The van der Waals surface area contributed by atoms with Gasteiger partial charge >= 0.3 is 0 Å². The zero-order valence-electron chi connectivity index (χ0n) is 18.6. The second-order valence-electron chi connectivity index (χ2n) is 8.08. The van der Waals surface area contributed by atoms with Crippen LogP contribution >= 0.6 is 11.8 Å². The summed E-state index contributed by atoms with van der Waals surface area (Å²) >= 11 is 1.56. The first-order chi connectivity index (χ1) is 17.0. The highest BCUT2D eigenvalue weighted by Crippen LogP contribution is 2.33. The molecule has 35 heavy (non-hydrogen) atoms. The summed E-state index contributed by atoms with van der Waals surface area (Å²) in [7, 11) is 0. The number of nitrogens with two attached hydrogens (primary N) is 1. The van der Waals surface area contributed by atoms with Gasteiger partial charge in [-0.3, -0.25) is 4.57 Å². The summed E-state index contributed by atoms with van der Waals surface area (Å²) in [4.78, 5) is 12.3. The highest BCUT2D eigenvalue weighted by Gasteiger charge is 2.44. The van der Waals surface area contributed by atoms with Crippen molar-refractivity contribution in [2.24, 2.45) is 0 Å². The van der Waals surface area contributed by atoms with Gasteiger partial charge in [0.05, 0.1) is 19.0 Å². The number of hydrogen-bond acceptors (Lipinski definition) is 9. The van der Waals surface area contributed by atoms with E-state index in [4.69, 9.17) is 15.2 Å². The minimum atomic E-state index is -1.13. The molecular formula is C24H24FN5O4S. The van der Waals surface area contributed by atoms with Crippen molar-refractivity contribution in [2.75, 3.05) is 23.8 Å². The molecule has 0 saturated carbocycles. The van der Waals surface area contributed by atoms with Crippen LogP contribution in [0.5, 0.6) is 5.75 Å². The van der Waals surface area contributed by atoms with Crippen molar-refractivity contribution in [3.8, 4) is 16.9 Å². The van der Waals surface area contributed by atoms with Crippen LogP contribution in [-0.4, -0.2) is 66.2 Å². The van der Waals surface area contributed by atoms with Crippen molar-refractivity contribution >= 4 is 28.7 Å². The van der Waals surface area contributed by atoms with E-state index in [0.717, 1.165) is 16.9 Å². The molecule has 3 heterocycles. The van der Waals surface area contributed by atoms with Gasteiger partial charge in [0, 0.05) is 11.5 Å². The molecule has 0 spiro atoms. The number of rotatable bonds is 8. The third-order valence-corrected chi connectivity index (χ3v) is 6.83. The topological polar surface area (TPSA) is 129 Å². The van der Waals surface area contributed by atoms with Crippen molar-refractivity contribution in [1.29, 1.82) is 0 Å². The molecule has 4 atom stereocenters. The summed E-state index contributed by atoms with van der Waals surface area (Å²) in [5.74, 6) is 1.86. The molecule has 9 nitrogen and oxygen atoms in total. The molecule has 1 aliphatic rings. The summed E-state index contributed by atoms with van der Waals surface area (Å²) in [6.45, 7) is 0.470. The quantitative estimate of drug-likeness (QED) is 0.315. The van der Waals surface area contributed by atoms with Crippen LogP contribution in [0.3, 0.4) is 0 Å². The molecule has 0 aliphatic carbocycles. The number of hydrogen-bond donors (Lipinski definition) is 3. The van der Waals surface area contributed by atoms with E-state index in [1.54, 1.807) is 28.5 Å². The molecule has 4 N–H and O–H groups in total. The van der Waals surface area contributed by atoms with Crippen molar-refractivity contribution in [2.45, 2.75) is 24.5 Å². The summed E-state index contributed by atoms with van der Waals surface area (Å²) in [5.41, 5.74) is 8.58. The third kappa shape index (κ3) is 4.94. The Kier molecular flexibility index (Phi) is 6.82. The molecule has 1 fully saturated rings. The fourth-order valence-corrected chi connectivity index (χ4v) is 4.83. The number of ether oxygens (including phenoxy) is 2. The molecule has 5 rings (SSSR count). The van der Waals surface area contributed by atoms with Crippen molar-refractivity contribution in [3.63, 3.8) is 0 Å². The number of benzene rings is 2. The number of halogens is 1. The van der Waals surface area contributed by atoms with E-state index in [2.05, 4.69) is 15.0 Å². The fraction of sp³-hybridized carbons (Fsp3) is 0.292. The zero-order chi connectivity index (χ0) is 24.4. The van der Waals surface area contributed by atoms with Crippen LogP contribution in [0, 0.1) is 5.82 Å². The normalized spacial score (nSPS) is 22.0. The largest absolute Gasteiger partial charge is 0.493 e. The van der Waals surface area contributed by atoms with Crippen molar-refractivity contribution in [3.05, 3.63) is 67.0 Å². The predicted molar refractivity (Wildman–Crippen MR) is 130 cm³/mol. The Morgan fingerprint density at radius 2 is 1.71 bits per heavy atom. The molecule has 0 bridgehead atoms. The van der Waals surface area contributed by atoms with Crippen molar-refractivity contribution < 1.29 is 24.1 Å². The lowest BCUT2D eigenvalue weighted by atomic mass is 10.1. The van der Waals surface area contributed by atoms with Crippen LogP contribution in [-0.2, 0) is 4.74 Å². The predicted octanol–water partition coefficient (Wildman–Crippen LogP) is 2.65. The molecule has 0 unspecified atom stereocenters. The van der Waals surface area contributed by atoms with Crippen LogP contribution in [0.4, 0.5) is 10.2 Å². The minimum absolute atomic E-state index is 0.235. The molecule has 11 heteroatoms. The first kappa shape index (κ1) is 23.5. The monoisotopic (exact) mass is 497 g/mol. The highest BCUT2D eigenvalue weighted by atomic mass is 32.2. The molecule has 0 amide bonds. The molecule has 0 radical (unpaired) electrons. The van der Waals surface area contributed by atoms with Gasteiger partial charge in [0.2, 0.25) is 0 Å².